The van der Waals surface area contributed by atoms with E-state index in [2.05, 4.69) is 5.32 Å². The number of rotatable bonds is 3. The van der Waals surface area contributed by atoms with Crippen LogP contribution in [0.3, 0.4) is 0 Å². The zero-order valence-electron chi connectivity index (χ0n) is 27.8. The molecule has 3 heterocycles. The number of carbonyl (C=O) groups is 3. The Kier molecular flexibility index (Phi) is 8.12. The summed E-state index contributed by atoms with van der Waals surface area (Å²) in [4.78, 5) is 52.3. The number of aromatic nitrogens is 2. The van der Waals surface area contributed by atoms with Crippen molar-refractivity contribution in [2.75, 3.05) is 6.54 Å². The highest BCUT2D eigenvalue weighted by Gasteiger charge is 2.55. The van der Waals surface area contributed by atoms with E-state index in [1.54, 1.807) is 4.90 Å². The van der Waals surface area contributed by atoms with Crippen molar-refractivity contribution in [3.63, 3.8) is 0 Å². The monoisotopic (exact) mass is 632 g/mol. The van der Waals surface area contributed by atoms with E-state index in [1.165, 1.54) is 13.3 Å². The Balaban J connectivity index is 1.22. The number of ether oxygens (including phenoxy) is 3. The number of aryl methyl sites for hydroxylation is 1. The summed E-state index contributed by atoms with van der Waals surface area (Å²) in [6.45, 7) is 9.42. The molecule has 1 saturated heterocycles. The Morgan fingerprint density at radius 2 is 1.78 bits per heavy atom. The molecule has 3 saturated carbocycles. The number of carbonyl (C=O) groups excluding carboxylic acids is 3. The minimum atomic E-state index is -0.873. The molecule has 2 aliphatic heterocycles. The van der Waals surface area contributed by atoms with Crippen LogP contribution in [0, 0.1) is 29.1 Å². The van der Waals surface area contributed by atoms with Crippen molar-refractivity contribution >= 4 is 28.8 Å². The Labute approximate surface area is 271 Å². The van der Waals surface area contributed by atoms with Crippen molar-refractivity contribution in [3.05, 3.63) is 23.9 Å². The fourth-order valence-corrected chi connectivity index (χ4v) is 8.13. The van der Waals surface area contributed by atoms with Gasteiger partial charge in [0, 0.05) is 12.0 Å². The summed E-state index contributed by atoms with van der Waals surface area (Å²) < 4.78 is 18.7. The quantitative estimate of drug-likeness (QED) is 0.462. The van der Waals surface area contributed by atoms with E-state index in [4.69, 9.17) is 24.2 Å². The minimum Gasteiger partial charge on any atom is -0.490 e. The van der Waals surface area contributed by atoms with Crippen LogP contribution in [-0.2, 0) is 20.7 Å². The molecule has 2 amide bonds. The smallest absolute Gasteiger partial charge is 0.408 e. The van der Waals surface area contributed by atoms with E-state index in [-0.39, 0.29) is 36.4 Å². The first-order valence-electron chi connectivity index (χ1n) is 17.4. The van der Waals surface area contributed by atoms with Crippen molar-refractivity contribution in [2.45, 2.75) is 123 Å². The number of ketones is 1. The van der Waals surface area contributed by atoms with Crippen LogP contribution in [0.15, 0.2) is 18.2 Å². The normalized spacial score (nSPS) is 33.5. The van der Waals surface area contributed by atoms with Gasteiger partial charge in [0.1, 0.15) is 29.7 Å². The predicted octanol–water partition coefficient (Wildman–Crippen LogP) is 5.64. The molecule has 46 heavy (non-hydrogen) atoms. The van der Waals surface area contributed by atoms with Crippen LogP contribution in [0.2, 0.25) is 0 Å². The number of benzene rings is 1. The summed E-state index contributed by atoms with van der Waals surface area (Å²) in [6, 6.07) is 4.28. The van der Waals surface area contributed by atoms with Crippen LogP contribution in [-0.4, -0.2) is 69.6 Å². The number of hydrogen-bond acceptors (Lipinski definition) is 8. The third-order valence-electron chi connectivity index (χ3n) is 10.9. The van der Waals surface area contributed by atoms with Crippen LogP contribution >= 0.6 is 0 Å². The summed E-state index contributed by atoms with van der Waals surface area (Å²) in [5.74, 6) is 2.13. The van der Waals surface area contributed by atoms with Gasteiger partial charge in [-0.25, -0.2) is 14.8 Å². The SMILES string of the molecule is CC(=O)[C@@H]1[C@H](C)[C@@H]2CN1C(=O)[C@H](C(C)(C)C)NC(=O)O[C@@H]1CC3CC3[C@H]1CCCCCc1nc3ccc(OC4CC4)cc3nc1O2. The highest BCUT2D eigenvalue weighted by atomic mass is 16.6. The van der Waals surface area contributed by atoms with Crippen molar-refractivity contribution in [1.82, 2.24) is 20.2 Å². The second kappa shape index (κ2) is 12.0. The molecule has 0 spiro atoms. The number of Topliss-reactive ketones (excluding diaryl/α,β-unsaturated/α-hetero) is 1. The van der Waals surface area contributed by atoms with Gasteiger partial charge in [0.25, 0.3) is 0 Å². The topological polar surface area (TPSA) is 120 Å². The molecule has 1 aromatic carbocycles. The maximum atomic E-state index is 14.3. The van der Waals surface area contributed by atoms with Gasteiger partial charge in [-0.1, -0.05) is 40.5 Å². The molecule has 7 rings (SSSR count). The van der Waals surface area contributed by atoms with Gasteiger partial charge in [-0.15, -0.1) is 0 Å². The Bertz CT molecular complexity index is 1520. The van der Waals surface area contributed by atoms with E-state index in [1.807, 2.05) is 45.9 Å². The van der Waals surface area contributed by atoms with Gasteiger partial charge in [0.15, 0.2) is 5.78 Å². The first kappa shape index (κ1) is 31.2. The van der Waals surface area contributed by atoms with Crippen LogP contribution in [0.4, 0.5) is 4.79 Å². The average molecular weight is 633 g/mol. The number of nitrogens with one attached hydrogen (secondary N) is 1. The molecule has 2 aromatic rings. The van der Waals surface area contributed by atoms with Gasteiger partial charge in [-0.3, -0.25) is 9.59 Å². The maximum Gasteiger partial charge on any atom is 0.408 e. The molecule has 4 fully saturated rings. The molecule has 0 radical (unpaired) electrons. The van der Waals surface area contributed by atoms with Crippen LogP contribution in [0.5, 0.6) is 11.6 Å². The van der Waals surface area contributed by atoms with E-state index in [9.17, 15) is 14.4 Å². The molecule has 248 valence electrons. The Hall–Kier alpha value is -3.43. The Morgan fingerprint density at radius 1 is 0.978 bits per heavy atom. The summed E-state index contributed by atoms with van der Waals surface area (Å²) >= 11 is 0. The number of fused-ring (bicyclic) bond motifs is 7. The number of amides is 2. The molecule has 2 unspecified atom stereocenters. The number of nitrogens with zero attached hydrogens (tertiary/aromatic N) is 3. The predicted molar refractivity (Wildman–Crippen MR) is 171 cm³/mol. The summed E-state index contributed by atoms with van der Waals surface area (Å²) in [6.07, 6.45) is 8.11. The molecule has 5 aliphatic rings. The van der Waals surface area contributed by atoms with Gasteiger partial charge >= 0.3 is 6.09 Å². The van der Waals surface area contributed by atoms with Gasteiger partial charge in [0.05, 0.1) is 29.7 Å². The van der Waals surface area contributed by atoms with Crippen molar-refractivity contribution < 1.29 is 28.6 Å². The van der Waals surface area contributed by atoms with Crippen LogP contribution in [0.1, 0.15) is 91.7 Å². The average Bonchev–Trinajstić information content (AvgIpc) is 3.90. The van der Waals surface area contributed by atoms with Crippen molar-refractivity contribution in [1.29, 1.82) is 0 Å². The Morgan fingerprint density at radius 3 is 2.52 bits per heavy atom. The standard InChI is InChI=1S/C36H48N4O6/c1-19-30-18-40(31(19)20(2)41)34(42)32(36(3,4)5)39-35(43)46-29-16-21-15-25(21)24(29)9-7-6-8-10-27-33(45-30)38-28-17-23(44-22-11-12-22)13-14-26(28)37-27/h13-14,17,19,21-22,24-25,29-32H,6-12,15-16,18H2,1-5H3,(H,39,43)/t19-,21?,24-,25?,29-,30+,31+,32-/m1/s1. The third kappa shape index (κ3) is 6.28. The molecule has 2 bridgehead atoms. The summed E-state index contributed by atoms with van der Waals surface area (Å²) in [5, 5.41) is 2.93. The van der Waals surface area contributed by atoms with Gasteiger partial charge in [0.2, 0.25) is 11.8 Å². The molecule has 3 aliphatic carbocycles. The zero-order valence-corrected chi connectivity index (χ0v) is 27.8. The highest BCUT2D eigenvalue weighted by molar-refractivity contribution is 5.92. The number of hydrogen-bond donors (Lipinski definition) is 1. The first-order valence-corrected chi connectivity index (χ1v) is 17.4. The maximum absolute atomic E-state index is 14.3. The molecule has 10 nitrogen and oxygen atoms in total. The van der Waals surface area contributed by atoms with E-state index in [0.717, 1.165) is 61.9 Å². The van der Waals surface area contributed by atoms with Gasteiger partial charge < -0.3 is 24.4 Å². The van der Waals surface area contributed by atoms with Crippen molar-refractivity contribution in [2.24, 2.45) is 29.1 Å². The fourth-order valence-electron chi connectivity index (χ4n) is 8.13. The van der Waals surface area contributed by atoms with Crippen LogP contribution < -0.4 is 14.8 Å². The second-order valence-electron chi connectivity index (χ2n) is 15.6. The number of alkyl carbamates (subject to hydrolysis) is 1. The molecule has 10 heteroatoms. The molecule has 1 N–H and O–H groups in total. The lowest BCUT2D eigenvalue weighted by molar-refractivity contribution is -0.141. The molecule has 1 aromatic heterocycles. The van der Waals surface area contributed by atoms with E-state index >= 15 is 0 Å². The fraction of sp³-hybridized carbons (Fsp3) is 0.694. The lowest BCUT2D eigenvalue weighted by Gasteiger charge is -2.35. The van der Waals surface area contributed by atoms with Crippen LogP contribution in [0.25, 0.3) is 11.0 Å². The van der Waals surface area contributed by atoms with Gasteiger partial charge in [-0.05, 0) is 87.2 Å². The highest BCUT2D eigenvalue weighted by Crippen LogP contribution is 2.57. The minimum absolute atomic E-state index is 0.118. The molecular weight excluding hydrogens is 584 g/mol. The lowest BCUT2D eigenvalue weighted by Crippen LogP contribution is -2.57. The zero-order chi connectivity index (χ0) is 32.3. The second-order valence-corrected chi connectivity index (χ2v) is 15.6. The first-order chi connectivity index (χ1) is 22.0. The third-order valence-corrected chi connectivity index (χ3v) is 10.9. The summed E-state index contributed by atoms with van der Waals surface area (Å²) in [5.41, 5.74) is 1.67. The lowest BCUT2D eigenvalue weighted by atomic mass is 9.85. The largest absolute Gasteiger partial charge is 0.490 e. The van der Waals surface area contributed by atoms with E-state index < -0.39 is 29.7 Å². The van der Waals surface area contributed by atoms with Gasteiger partial charge in [-0.2, -0.15) is 0 Å². The summed E-state index contributed by atoms with van der Waals surface area (Å²) in [7, 11) is 0. The van der Waals surface area contributed by atoms with Crippen molar-refractivity contribution in [3.8, 4) is 11.6 Å². The molecular formula is C36H48N4O6. The van der Waals surface area contributed by atoms with E-state index in [0.29, 0.717) is 35.6 Å². The molecule has 8 atom stereocenters.